The standard InChI is InChI=1S/C20H23BrN2O3/c1-25-16-9-10-17(19(12-16)26-2)18-4-3-11-23(18)13-20(24)22-15-7-5-14(21)6-8-15/h5-10,12,18H,3-4,11,13H2,1-2H3,(H,22,24)/t18-/m1/s1. The SMILES string of the molecule is COc1ccc([C@H]2CCCN2CC(=O)Nc2ccc(Br)cc2)c(OC)c1. The highest BCUT2D eigenvalue weighted by Gasteiger charge is 2.29. The fourth-order valence-corrected chi connectivity index (χ4v) is 3.64. The van der Waals surface area contributed by atoms with Crippen molar-refractivity contribution in [3.63, 3.8) is 0 Å². The molecule has 1 saturated heterocycles. The van der Waals surface area contributed by atoms with Gasteiger partial charge in [0.25, 0.3) is 0 Å². The van der Waals surface area contributed by atoms with E-state index in [1.54, 1.807) is 14.2 Å². The van der Waals surface area contributed by atoms with Gasteiger partial charge in [0.1, 0.15) is 11.5 Å². The summed E-state index contributed by atoms with van der Waals surface area (Å²) in [4.78, 5) is 14.7. The van der Waals surface area contributed by atoms with Gasteiger partial charge in [0.05, 0.1) is 20.8 Å². The van der Waals surface area contributed by atoms with Crippen molar-refractivity contribution in [2.45, 2.75) is 18.9 Å². The Balaban J connectivity index is 1.70. The van der Waals surface area contributed by atoms with Crippen molar-refractivity contribution in [1.82, 2.24) is 4.90 Å². The van der Waals surface area contributed by atoms with E-state index in [0.29, 0.717) is 6.54 Å². The van der Waals surface area contributed by atoms with Gasteiger partial charge in [-0.2, -0.15) is 0 Å². The van der Waals surface area contributed by atoms with Gasteiger partial charge in [0, 0.05) is 27.8 Å². The first-order valence-electron chi connectivity index (χ1n) is 8.62. The summed E-state index contributed by atoms with van der Waals surface area (Å²) in [5.74, 6) is 1.56. The number of amides is 1. The average molecular weight is 419 g/mol. The minimum atomic E-state index is -0.00768. The van der Waals surface area contributed by atoms with E-state index in [2.05, 4.69) is 26.1 Å². The highest BCUT2D eigenvalue weighted by molar-refractivity contribution is 9.10. The highest BCUT2D eigenvalue weighted by atomic mass is 79.9. The number of rotatable bonds is 6. The first-order valence-corrected chi connectivity index (χ1v) is 9.41. The molecule has 0 aromatic heterocycles. The zero-order valence-corrected chi connectivity index (χ0v) is 16.6. The molecule has 1 fully saturated rings. The van der Waals surface area contributed by atoms with Crippen LogP contribution in [-0.2, 0) is 4.79 Å². The van der Waals surface area contributed by atoms with E-state index in [-0.39, 0.29) is 11.9 Å². The van der Waals surface area contributed by atoms with E-state index in [9.17, 15) is 4.79 Å². The van der Waals surface area contributed by atoms with E-state index in [1.807, 2.05) is 42.5 Å². The average Bonchev–Trinajstić information content (AvgIpc) is 3.10. The molecule has 5 nitrogen and oxygen atoms in total. The Morgan fingerprint density at radius 3 is 2.65 bits per heavy atom. The molecule has 2 aromatic carbocycles. The van der Waals surface area contributed by atoms with Gasteiger partial charge < -0.3 is 14.8 Å². The Morgan fingerprint density at radius 2 is 1.96 bits per heavy atom. The molecule has 1 atom stereocenters. The summed E-state index contributed by atoms with van der Waals surface area (Å²) in [5.41, 5.74) is 1.90. The lowest BCUT2D eigenvalue weighted by atomic mass is 10.0. The van der Waals surface area contributed by atoms with Crippen molar-refractivity contribution in [1.29, 1.82) is 0 Å². The topological polar surface area (TPSA) is 50.8 Å². The maximum Gasteiger partial charge on any atom is 0.238 e. The van der Waals surface area contributed by atoms with Crippen LogP contribution in [0.25, 0.3) is 0 Å². The molecule has 0 saturated carbocycles. The number of halogens is 1. The second-order valence-electron chi connectivity index (χ2n) is 6.29. The van der Waals surface area contributed by atoms with E-state index in [0.717, 1.165) is 46.6 Å². The predicted molar refractivity (Wildman–Crippen MR) is 106 cm³/mol. The largest absolute Gasteiger partial charge is 0.497 e. The van der Waals surface area contributed by atoms with Crippen LogP contribution in [0.5, 0.6) is 11.5 Å². The lowest BCUT2D eigenvalue weighted by Crippen LogP contribution is -2.33. The molecule has 0 spiro atoms. The predicted octanol–water partition coefficient (Wildman–Crippen LogP) is 4.24. The van der Waals surface area contributed by atoms with Gasteiger partial charge in [-0.25, -0.2) is 0 Å². The maximum atomic E-state index is 12.5. The van der Waals surface area contributed by atoms with Gasteiger partial charge in [-0.1, -0.05) is 22.0 Å². The molecule has 0 aliphatic carbocycles. The van der Waals surface area contributed by atoms with Crippen LogP contribution >= 0.6 is 15.9 Å². The van der Waals surface area contributed by atoms with E-state index in [1.165, 1.54) is 0 Å². The first kappa shape index (κ1) is 18.7. The van der Waals surface area contributed by atoms with Crippen LogP contribution in [0.2, 0.25) is 0 Å². The fraction of sp³-hybridized carbons (Fsp3) is 0.350. The van der Waals surface area contributed by atoms with Crippen LogP contribution in [0.4, 0.5) is 5.69 Å². The number of nitrogens with zero attached hydrogens (tertiary/aromatic N) is 1. The molecule has 26 heavy (non-hydrogen) atoms. The van der Waals surface area contributed by atoms with Gasteiger partial charge in [-0.15, -0.1) is 0 Å². The molecule has 2 aromatic rings. The Bertz CT molecular complexity index is 764. The molecule has 6 heteroatoms. The molecule has 0 radical (unpaired) electrons. The molecule has 1 amide bonds. The molecule has 0 unspecified atom stereocenters. The zero-order valence-electron chi connectivity index (χ0n) is 15.0. The third kappa shape index (κ3) is 4.37. The van der Waals surface area contributed by atoms with Crippen LogP contribution in [0, 0.1) is 0 Å². The number of likely N-dealkylation sites (tertiary alicyclic amines) is 1. The van der Waals surface area contributed by atoms with Crippen molar-refractivity contribution < 1.29 is 14.3 Å². The third-order valence-electron chi connectivity index (χ3n) is 4.64. The lowest BCUT2D eigenvalue weighted by molar-refractivity contribution is -0.117. The smallest absolute Gasteiger partial charge is 0.238 e. The number of anilines is 1. The second-order valence-corrected chi connectivity index (χ2v) is 7.21. The summed E-state index contributed by atoms with van der Waals surface area (Å²) < 4.78 is 11.8. The molecule has 1 heterocycles. The summed E-state index contributed by atoms with van der Waals surface area (Å²) in [6.07, 6.45) is 2.07. The van der Waals surface area contributed by atoms with Crippen molar-refractivity contribution in [2.24, 2.45) is 0 Å². The van der Waals surface area contributed by atoms with Gasteiger partial charge in [-0.3, -0.25) is 9.69 Å². The van der Waals surface area contributed by atoms with Gasteiger partial charge in [-0.05, 0) is 49.7 Å². The second kappa shape index (κ2) is 8.56. The molecule has 3 rings (SSSR count). The number of methoxy groups -OCH3 is 2. The van der Waals surface area contributed by atoms with Crippen molar-refractivity contribution in [3.8, 4) is 11.5 Å². The summed E-state index contributed by atoms with van der Waals surface area (Å²) in [6, 6.07) is 13.6. The molecule has 138 valence electrons. The van der Waals surface area contributed by atoms with Crippen molar-refractivity contribution >= 4 is 27.5 Å². The van der Waals surface area contributed by atoms with Crippen LogP contribution in [0.3, 0.4) is 0 Å². The van der Waals surface area contributed by atoms with Crippen LogP contribution in [0.1, 0.15) is 24.4 Å². The summed E-state index contributed by atoms with van der Waals surface area (Å²) in [5, 5.41) is 2.96. The minimum absolute atomic E-state index is 0.00768. The molecule has 1 aliphatic heterocycles. The molecule has 0 bridgehead atoms. The molecule has 1 aliphatic rings. The Morgan fingerprint density at radius 1 is 1.19 bits per heavy atom. The number of carbonyl (C=O) groups is 1. The normalized spacial score (nSPS) is 17.1. The highest BCUT2D eigenvalue weighted by Crippen LogP contribution is 2.38. The Kier molecular flexibility index (Phi) is 6.16. The van der Waals surface area contributed by atoms with Gasteiger partial charge in [0.2, 0.25) is 5.91 Å². The van der Waals surface area contributed by atoms with Gasteiger partial charge in [0.15, 0.2) is 0 Å². The number of hydrogen-bond acceptors (Lipinski definition) is 4. The third-order valence-corrected chi connectivity index (χ3v) is 5.17. The monoisotopic (exact) mass is 418 g/mol. The maximum absolute atomic E-state index is 12.5. The number of carbonyl (C=O) groups excluding carboxylic acids is 1. The van der Waals surface area contributed by atoms with E-state index in [4.69, 9.17) is 9.47 Å². The summed E-state index contributed by atoms with van der Waals surface area (Å²) in [7, 11) is 3.31. The van der Waals surface area contributed by atoms with Crippen molar-refractivity contribution in [2.75, 3.05) is 32.6 Å². The minimum Gasteiger partial charge on any atom is -0.497 e. The Labute approximate surface area is 162 Å². The summed E-state index contributed by atoms with van der Waals surface area (Å²) >= 11 is 3.40. The molecule has 1 N–H and O–H groups in total. The van der Waals surface area contributed by atoms with Crippen LogP contribution < -0.4 is 14.8 Å². The zero-order chi connectivity index (χ0) is 18.5. The van der Waals surface area contributed by atoms with Crippen LogP contribution in [-0.4, -0.2) is 38.1 Å². The number of nitrogens with one attached hydrogen (secondary N) is 1. The number of benzene rings is 2. The van der Waals surface area contributed by atoms with E-state index >= 15 is 0 Å². The number of hydrogen-bond donors (Lipinski definition) is 1. The van der Waals surface area contributed by atoms with Crippen molar-refractivity contribution in [3.05, 3.63) is 52.5 Å². The fourth-order valence-electron chi connectivity index (χ4n) is 3.38. The quantitative estimate of drug-likeness (QED) is 0.761. The lowest BCUT2D eigenvalue weighted by Gasteiger charge is -2.25. The Hall–Kier alpha value is -2.05. The molecular weight excluding hydrogens is 396 g/mol. The van der Waals surface area contributed by atoms with Crippen LogP contribution in [0.15, 0.2) is 46.9 Å². The number of ether oxygens (including phenoxy) is 2. The summed E-state index contributed by atoms with van der Waals surface area (Å²) in [6.45, 7) is 1.25. The molecular formula is C20H23BrN2O3. The first-order chi connectivity index (χ1) is 12.6. The van der Waals surface area contributed by atoms with E-state index < -0.39 is 0 Å². The van der Waals surface area contributed by atoms with Gasteiger partial charge >= 0.3 is 0 Å².